The second-order valence-corrected chi connectivity index (χ2v) is 4.29. The van der Waals surface area contributed by atoms with Crippen LogP contribution in [0.5, 0.6) is 0 Å². The minimum absolute atomic E-state index is 0.122. The molecule has 1 heterocycles. The van der Waals surface area contributed by atoms with Gasteiger partial charge in [0.2, 0.25) is 11.8 Å². The molecule has 20 heavy (non-hydrogen) atoms. The maximum Gasteiger partial charge on any atom is 0.322 e. The molecule has 0 spiro atoms. The van der Waals surface area contributed by atoms with Crippen molar-refractivity contribution in [2.75, 3.05) is 32.7 Å². The number of likely N-dealkylation sites (tertiary alicyclic amines) is 1. The number of carboxylic acid groups (broad SMARTS) is 1. The second kappa shape index (κ2) is 7.97. The van der Waals surface area contributed by atoms with E-state index in [1.54, 1.807) is 4.90 Å². The summed E-state index contributed by atoms with van der Waals surface area (Å²) in [4.78, 5) is 45.9. The second-order valence-electron chi connectivity index (χ2n) is 4.29. The number of carbonyl (C=O) groups excluding carboxylic acids is 3. The van der Waals surface area contributed by atoms with Gasteiger partial charge in [0, 0.05) is 13.1 Å². The smallest absolute Gasteiger partial charge is 0.322 e. The van der Waals surface area contributed by atoms with Crippen molar-refractivity contribution in [3.63, 3.8) is 0 Å². The van der Waals surface area contributed by atoms with Crippen molar-refractivity contribution in [3.05, 3.63) is 0 Å². The van der Waals surface area contributed by atoms with Crippen LogP contribution in [0, 0.1) is 0 Å². The third-order valence-corrected chi connectivity index (χ3v) is 2.71. The molecule has 1 rings (SSSR count). The van der Waals surface area contributed by atoms with Crippen LogP contribution in [0.4, 0.5) is 4.79 Å². The summed E-state index contributed by atoms with van der Waals surface area (Å²) in [6.45, 7) is 0.439. The molecule has 4 N–H and O–H groups in total. The lowest BCUT2D eigenvalue weighted by molar-refractivity contribution is -0.137. The predicted octanol–water partition coefficient (Wildman–Crippen LogP) is -1.89. The first-order chi connectivity index (χ1) is 9.49. The van der Waals surface area contributed by atoms with E-state index in [4.69, 9.17) is 5.11 Å². The molecular formula is C11H18N4O5. The van der Waals surface area contributed by atoms with E-state index in [2.05, 4.69) is 16.0 Å². The largest absolute Gasteiger partial charge is 0.480 e. The predicted molar refractivity (Wildman–Crippen MR) is 67.9 cm³/mol. The number of carbonyl (C=O) groups is 4. The topological polar surface area (TPSA) is 128 Å². The lowest BCUT2D eigenvalue weighted by Crippen LogP contribution is -2.46. The molecule has 1 saturated heterocycles. The Balaban J connectivity index is 2.12. The lowest BCUT2D eigenvalue weighted by Gasteiger charge is -2.15. The molecule has 9 heteroatoms. The highest BCUT2D eigenvalue weighted by Gasteiger charge is 2.18. The number of hydrogen-bond acceptors (Lipinski definition) is 4. The summed E-state index contributed by atoms with van der Waals surface area (Å²) in [5.74, 6) is -1.94. The number of aliphatic carboxylic acids is 1. The summed E-state index contributed by atoms with van der Waals surface area (Å²) in [6.07, 6.45) is 1.95. The molecule has 1 aliphatic heterocycles. The first-order valence-electron chi connectivity index (χ1n) is 6.27. The number of hydrogen-bond donors (Lipinski definition) is 4. The highest BCUT2D eigenvalue weighted by atomic mass is 16.4. The molecule has 0 aliphatic carbocycles. The van der Waals surface area contributed by atoms with Crippen molar-refractivity contribution in [2.45, 2.75) is 12.8 Å². The number of urea groups is 1. The Kier molecular flexibility index (Phi) is 6.27. The maximum atomic E-state index is 11.6. The van der Waals surface area contributed by atoms with E-state index in [0.29, 0.717) is 13.1 Å². The zero-order valence-electron chi connectivity index (χ0n) is 11.0. The number of nitrogens with zero attached hydrogens (tertiary/aromatic N) is 1. The zero-order valence-corrected chi connectivity index (χ0v) is 11.0. The molecule has 0 aromatic carbocycles. The van der Waals surface area contributed by atoms with E-state index >= 15 is 0 Å². The summed E-state index contributed by atoms with van der Waals surface area (Å²) < 4.78 is 0. The van der Waals surface area contributed by atoms with Crippen LogP contribution in [0.1, 0.15) is 12.8 Å². The molecule has 112 valence electrons. The van der Waals surface area contributed by atoms with Gasteiger partial charge in [-0.15, -0.1) is 0 Å². The van der Waals surface area contributed by atoms with E-state index in [-0.39, 0.29) is 19.0 Å². The first-order valence-corrected chi connectivity index (χ1v) is 6.27. The van der Waals surface area contributed by atoms with Gasteiger partial charge >= 0.3 is 12.0 Å². The van der Waals surface area contributed by atoms with Gasteiger partial charge in [0.15, 0.2) is 0 Å². The Bertz CT molecular complexity index is 392. The fraction of sp³-hybridized carbons (Fsp3) is 0.636. The molecule has 0 bridgehead atoms. The third kappa shape index (κ3) is 6.03. The van der Waals surface area contributed by atoms with Crippen molar-refractivity contribution in [2.24, 2.45) is 0 Å². The van der Waals surface area contributed by atoms with Gasteiger partial charge in [0.05, 0.1) is 13.1 Å². The van der Waals surface area contributed by atoms with Gasteiger partial charge in [-0.3, -0.25) is 14.4 Å². The van der Waals surface area contributed by atoms with Crippen LogP contribution in [0.15, 0.2) is 0 Å². The molecule has 0 saturated carbocycles. The molecule has 0 aromatic heterocycles. The fourth-order valence-corrected chi connectivity index (χ4v) is 1.69. The molecule has 9 nitrogen and oxygen atoms in total. The van der Waals surface area contributed by atoms with Crippen LogP contribution in [0.2, 0.25) is 0 Å². The van der Waals surface area contributed by atoms with Crippen LogP contribution >= 0.6 is 0 Å². The molecule has 0 radical (unpaired) electrons. The summed E-state index contributed by atoms with van der Waals surface area (Å²) >= 11 is 0. The Morgan fingerprint density at radius 2 is 1.50 bits per heavy atom. The number of rotatable bonds is 6. The quantitative estimate of drug-likeness (QED) is 0.454. The Morgan fingerprint density at radius 1 is 0.900 bits per heavy atom. The zero-order chi connectivity index (χ0) is 15.0. The van der Waals surface area contributed by atoms with Crippen LogP contribution < -0.4 is 16.0 Å². The summed E-state index contributed by atoms with van der Waals surface area (Å²) in [6, 6.07) is -0.650. The standard InChI is InChI=1S/C11H18N4O5/c16-8(12-7-10(18)19)5-13-11(20)14-6-9(17)15-3-1-2-4-15/h1-7H2,(H,12,16)(H,18,19)(H2,13,14,20). The van der Waals surface area contributed by atoms with Crippen LogP contribution in [-0.4, -0.2) is 66.5 Å². The number of amides is 4. The van der Waals surface area contributed by atoms with E-state index in [1.165, 1.54) is 0 Å². The van der Waals surface area contributed by atoms with E-state index in [0.717, 1.165) is 12.8 Å². The van der Waals surface area contributed by atoms with Gasteiger partial charge in [-0.05, 0) is 12.8 Å². The highest BCUT2D eigenvalue weighted by molar-refractivity contribution is 5.88. The van der Waals surface area contributed by atoms with Crippen LogP contribution in [-0.2, 0) is 14.4 Å². The van der Waals surface area contributed by atoms with Crippen molar-refractivity contribution in [3.8, 4) is 0 Å². The van der Waals surface area contributed by atoms with Gasteiger partial charge < -0.3 is 26.0 Å². The minimum Gasteiger partial charge on any atom is -0.480 e. The Hall–Kier alpha value is -2.32. The van der Waals surface area contributed by atoms with E-state index in [1.807, 2.05) is 0 Å². The molecule has 0 atom stereocenters. The van der Waals surface area contributed by atoms with Gasteiger partial charge in [-0.25, -0.2) is 4.79 Å². The molecule has 1 aliphatic rings. The monoisotopic (exact) mass is 286 g/mol. The molecular weight excluding hydrogens is 268 g/mol. The van der Waals surface area contributed by atoms with Crippen molar-refractivity contribution < 1.29 is 24.3 Å². The number of nitrogens with one attached hydrogen (secondary N) is 3. The summed E-state index contributed by atoms with van der Waals surface area (Å²) in [5, 5.41) is 15.0. The van der Waals surface area contributed by atoms with Crippen LogP contribution in [0.3, 0.4) is 0 Å². The van der Waals surface area contributed by atoms with Crippen molar-refractivity contribution in [1.82, 2.24) is 20.9 Å². The average Bonchev–Trinajstić information content (AvgIpc) is 2.94. The highest BCUT2D eigenvalue weighted by Crippen LogP contribution is 2.06. The van der Waals surface area contributed by atoms with Gasteiger partial charge in [-0.1, -0.05) is 0 Å². The first kappa shape index (κ1) is 15.7. The molecule has 4 amide bonds. The average molecular weight is 286 g/mol. The summed E-state index contributed by atoms with van der Waals surface area (Å²) in [5.41, 5.74) is 0. The third-order valence-electron chi connectivity index (χ3n) is 2.71. The fourth-order valence-electron chi connectivity index (χ4n) is 1.69. The van der Waals surface area contributed by atoms with E-state index in [9.17, 15) is 19.2 Å². The van der Waals surface area contributed by atoms with E-state index < -0.39 is 24.5 Å². The van der Waals surface area contributed by atoms with Crippen molar-refractivity contribution >= 4 is 23.8 Å². The Morgan fingerprint density at radius 3 is 2.10 bits per heavy atom. The SMILES string of the molecule is O=C(O)CNC(=O)CNC(=O)NCC(=O)N1CCCC1. The summed E-state index contributed by atoms with van der Waals surface area (Å²) in [7, 11) is 0. The minimum atomic E-state index is -1.17. The van der Waals surface area contributed by atoms with Crippen molar-refractivity contribution in [1.29, 1.82) is 0 Å². The van der Waals surface area contributed by atoms with Gasteiger partial charge in [0.25, 0.3) is 0 Å². The normalized spacial score (nSPS) is 13.7. The van der Waals surface area contributed by atoms with Crippen LogP contribution in [0.25, 0.3) is 0 Å². The van der Waals surface area contributed by atoms with Gasteiger partial charge in [0.1, 0.15) is 6.54 Å². The number of carboxylic acids is 1. The molecule has 0 unspecified atom stereocenters. The van der Waals surface area contributed by atoms with Gasteiger partial charge in [-0.2, -0.15) is 0 Å². The Labute approximate surface area is 115 Å². The molecule has 1 fully saturated rings. The maximum absolute atomic E-state index is 11.6. The lowest BCUT2D eigenvalue weighted by atomic mass is 10.4. The molecule has 0 aromatic rings.